The highest BCUT2D eigenvalue weighted by molar-refractivity contribution is 14.1. The molecule has 2 aromatic rings. The third kappa shape index (κ3) is 4.81. The second kappa shape index (κ2) is 8.87. The van der Waals surface area contributed by atoms with Crippen LogP contribution in [0.15, 0.2) is 35.8 Å². The smallest absolute Gasteiger partial charge is 0.273 e. The van der Waals surface area contributed by atoms with Gasteiger partial charge in [-0.1, -0.05) is 11.3 Å². The van der Waals surface area contributed by atoms with Crippen molar-refractivity contribution in [2.24, 2.45) is 0 Å². The van der Waals surface area contributed by atoms with Gasteiger partial charge < -0.3 is 9.64 Å². The number of halogens is 1. The molecule has 3 heterocycles. The molecule has 1 aromatic heterocycles. The van der Waals surface area contributed by atoms with Gasteiger partial charge in [0.05, 0.1) is 0 Å². The van der Waals surface area contributed by atoms with Crippen LogP contribution in [0, 0.1) is 3.57 Å². The summed E-state index contributed by atoms with van der Waals surface area (Å²) in [6.45, 7) is 3.85. The normalized spacial score (nSPS) is 20.0. The van der Waals surface area contributed by atoms with Crippen LogP contribution in [0.2, 0.25) is 0 Å². The van der Waals surface area contributed by atoms with E-state index < -0.39 is 0 Å². The van der Waals surface area contributed by atoms with Crippen LogP contribution >= 0.6 is 33.9 Å². The summed E-state index contributed by atoms with van der Waals surface area (Å²) in [5.74, 6) is 0.167. The van der Waals surface area contributed by atoms with Gasteiger partial charge in [-0.15, -0.1) is 0 Å². The molecule has 4 rings (SSSR count). The van der Waals surface area contributed by atoms with E-state index in [0.29, 0.717) is 6.04 Å². The Morgan fingerprint density at radius 3 is 2.41 bits per heavy atom. The number of piperidine rings is 2. The minimum Gasteiger partial charge on any atom is -0.467 e. The number of aromatic nitrogens is 1. The van der Waals surface area contributed by atoms with E-state index in [1.807, 2.05) is 34.5 Å². The van der Waals surface area contributed by atoms with E-state index in [1.54, 1.807) is 17.5 Å². The molecule has 0 aliphatic carbocycles. The van der Waals surface area contributed by atoms with Gasteiger partial charge in [-0.2, -0.15) is 0 Å². The molecule has 2 aliphatic rings. The minimum atomic E-state index is 0.167. The third-order valence-corrected chi connectivity index (χ3v) is 6.89. The number of amides is 1. The third-order valence-electron chi connectivity index (χ3n) is 5.51. The van der Waals surface area contributed by atoms with Gasteiger partial charge in [0.2, 0.25) is 0 Å². The summed E-state index contributed by atoms with van der Waals surface area (Å²) in [4.78, 5) is 21.5. The second-order valence-electron chi connectivity index (χ2n) is 7.18. The topological polar surface area (TPSA) is 45.7 Å². The number of nitrogens with zero attached hydrogens (tertiary/aromatic N) is 3. The molecule has 144 valence electrons. The highest BCUT2D eigenvalue weighted by Crippen LogP contribution is 2.25. The molecule has 0 N–H and O–H groups in total. The fraction of sp³-hybridized carbons (Fsp3) is 0.500. The second-order valence-corrected chi connectivity index (χ2v) is 9.28. The Kier molecular flexibility index (Phi) is 6.29. The molecule has 0 saturated carbocycles. The van der Waals surface area contributed by atoms with Crippen LogP contribution in [0.25, 0.3) is 0 Å². The van der Waals surface area contributed by atoms with Crippen molar-refractivity contribution in [2.45, 2.75) is 37.8 Å². The maximum absolute atomic E-state index is 12.7. The number of carbonyl (C=O) groups excluding carboxylic acids is 1. The summed E-state index contributed by atoms with van der Waals surface area (Å²) in [5, 5.41) is 2.74. The Hall–Kier alpha value is -1.19. The fourth-order valence-corrected chi connectivity index (χ4v) is 4.89. The maximum Gasteiger partial charge on any atom is 0.273 e. The fourth-order valence-electron chi connectivity index (χ4n) is 3.98. The maximum atomic E-state index is 12.7. The van der Waals surface area contributed by atoms with Gasteiger partial charge in [0.1, 0.15) is 6.10 Å². The van der Waals surface area contributed by atoms with E-state index in [9.17, 15) is 4.79 Å². The lowest BCUT2D eigenvalue weighted by Gasteiger charge is -2.41. The zero-order valence-electron chi connectivity index (χ0n) is 15.2. The summed E-state index contributed by atoms with van der Waals surface area (Å²) in [6, 6.07) is 8.45. The van der Waals surface area contributed by atoms with E-state index >= 15 is 0 Å². The molecule has 5 nitrogen and oxygen atoms in total. The lowest BCUT2D eigenvalue weighted by Crippen LogP contribution is -2.50. The van der Waals surface area contributed by atoms with Gasteiger partial charge in [0.25, 0.3) is 11.1 Å². The van der Waals surface area contributed by atoms with E-state index in [4.69, 9.17) is 4.74 Å². The predicted octanol–water partition coefficient (Wildman–Crippen LogP) is 3.90. The lowest BCUT2D eigenvalue weighted by atomic mass is 9.98. The number of ether oxygens (including phenoxy) is 1. The number of thiazole rings is 1. The summed E-state index contributed by atoms with van der Waals surface area (Å²) < 4.78 is 7.12. The van der Waals surface area contributed by atoms with Gasteiger partial charge in [-0.05, 0) is 72.5 Å². The van der Waals surface area contributed by atoms with Crippen LogP contribution in [0.1, 0.15) is 36.0 Å². The molecule has 0 atom stereocenters. The van der Waals surface area contributed by atoms with Crippen LogP contribution in [0.4, 0.5) is 0 Å². The van der Waals surface area contributed by atoms with Crippen LogP contribution in [0.5, 0.6) is 5.19 Å². The average Bonchev–Trinajstić information content (AvgIpc) is 3.22. The van der Waals surface area contributed by atoms with Gasteiger partial charge in [0.15, 0.2) is 0 Å². The van der Waals surface area contributed by atoms with E-state index in [1.165, 1.54) is 0 Å². The van der Waals surface area contributed by atoms with Gasteiger partial charge >= 0.3 is 0 Å². The lowest BCUT2D eigenvalue weighted by molar-refractivity contribution is 0.0425. The van der Waals surface area contributed by atoms with Crippen molar-refractivity contribution >= 4 is 39.8 Å². The predicted molar refractivity (Wildman–Crippen MR) is 115 cm³/mol. The molecular formula is C20H24IN3O2S. The Labute approximate surface area is 177 Å². The van der Waals surface area contributed by atoms with E-state index in [-0.39, 0.29) is 12.0 Å². The van der Waals surface area contributed by atoms with Gasteiger partial charge in [-0.3, -0.25) is 9.69 Å². The summed E-state index contributed by atoms with van der Waals surface area (Å²) >= 11 is 3.83. The summed E-state index contributed by atoms with van der Waals surface area (Å²) in [6.07, 6.45) is 6.32. The highest BCUT2D eigenvalue weighted by Gasteiger charge is 2.30. The number of hydrogen-bond donors (Lipinski definition) is 0. The van der Waals surface area contributed by atoms with Crippen LogP contribution in [0.3, 0.4) is 0 Å². The molecule has 2 aliphatic heterocycles. The zero-order valence-corrected chi connectivity index (χ0v) is 18.2. The average molecular weight is 497 g/mol. The first-order chi connectivity index (χ1) is 13.2. The van der Waals surface area contributed by atoms with Crippen molar-refractivity contribution in [1.29, 1.82) is 0 Å². The SMILES string of the molecule is O=C(c1ccc(I)cc1)N1CCC(N2CCC(Oc3nccs3)CC2)CC1. The van der Waals surface area contributed by atoms with Gasteiger partial charge in [0, 0.05) is 52.9 Å². The molecule has 7 heteroatoms. The number of benzene rings is 1. The minimum absolute atomic E-state index is 0.167. The van der Waals surface area contributed by atoms with Crippen molar-refractivity contribution in [3.63, 3.8) is 0 Å². The van der Waals surface area contributed by atoms with Crippen molar-refractivity contribution in [3.05, 3.63) is 45.0 Å². The molecule has 1 amide bonds. The molecule has 0 radical (unpaired) electrons. The molecule has 0 bridgehead atoms. The quantitative estimate of drug-likeness (QED) is 0.602. The number of carbonyl (C=O) groups is 1. The van der Waals surface area contributed by atoms with E-state index in [2.05, 4.69) is 32.5 Å². The Bertz CT molecular complexity index is 737. The van der Waals surface area contributed by atoms with Crippen molar-refractivity contribution < 1.29 is 9.53 Å². The van der Waals surface area contributed by atoms with Crippen LogP contribution in [-0.4, -0.2) is 59.0 Å². The first kappa shape index (κ1) is 19.1. The molecule has 27 heavy (non-hydrogen) atoms. The van der Waals surface area contributed by atoms with Crippen LogP contribution < -0.4 is 4.74 Å². The standard InChI is InChI=1S/C20H24IN3O2S/c21-16-3-1-15(2-4-16)19(25)24-10-5-17(6-11-24)23-12-7-18(8-13-23)26-20-22-9-14-27-20/h1-4,9,14,17-18H,5-8,10-13H2. The molecular weight excluding hydrogens is 473 g/mol. The van der Waals surface area contributed by atoms with Crippen LogP contribution in [-0.2, 0) is 0 Å². The largest absolute Gasteiger partial charge is 0.467 e. The number of hydrogen-bond acceptors (Lipinski definition) is 5. The Morgan fingerprint density at radius 1 is 1.07 bits per heavy atom. The summed E-state index contributed by atoms with van der Waals surface area (Å²) in [5.41, 5.74) is 0.800. The first-order valence-electron chi connectivity index (χ1n) is 9.54. The van der Waals surface area contributed by atoms with Crippen molar-refractivity contribution in [3.8, 4) is 5.19 Å². The van der Waals surface area contributed by atoms with Crippen molar-refractivity contribution in [2.75, 3.05) is 26.2 Å². The number of likely N-dealkylation sites (tertiary alicyclic amines) is 2. The van der Waals surface area contributed by atoms with E-state index in [0.717, 1.165) is 66.2 Å². The number of rotatable bonds is 4. The Morgan fingerprint density at radius 2 is 1.78 bits per heavy atom. The molecule has 2 saturated heterocycles. The first-order valence-corrected chi connectivity index (χ1v) is 11.5. The molecule has 0 spiro atoms. The monoisotopic (exact) mass is 497 g/mol. The highest BCUT2D eigenvalue weighted by atomic mass is 127. The van der Waals surface area contributed by atoms with Gasteiger partial charge in [-0.25, -0.2) is 4.98 Å². The molecule has 1 aromatic carbocycles. The zero-order chi connectivity index (χ0) is 18.6. The summed E-state index contributed by atoms with van der Waals surface area (Å²) in [7, 11) is 0. The molecule has 0 unspecified atom stereocenters. The Balaban J connectivity index is 1.24. The van der Waals surface area contributed by atoms with Crippen molar-refractivity contribution in [1.82, 2.24) is 14.8 Å². The molecule has 2 fully saturated rings.